The number of aliphatic hydroxyl groups is 1. The third-order valence-electron chi connectivity index (χ3n) is 2.99. The third kappa shape index (κ3) is 4.04. The van der Waals surface area contributed by atoms with E-state index in [2.05, 4.69) is 51.3 Å². The number of hydrogen-bond acceptors (Lipinski definition) is 4. The van der Waals surface area contributed by atoms with Crippen molar-refractivity contribution >= 4 is 34.9 Å². The molecule has 1 aromatic heterocycles. The lowest BCUT2D eigenvalue weighted by Gasteiger charge is -2.20. The third-order valence-corrected chi connectivity index (χ3v) is 5.87. The van der Waals surface area contributed by atoms with Crippen LogP contribution in [0.1, 0.15) is 31.2 Å². The van der Waals surface area contributed by atoms with Crippen LogP contribution in [0.5, 0.6) is 0 Å². The Balaban J connectivity index is 2.31. The van der Waals surface area contributed by atoms with Gasteiger partial charge >= 0.3 is 0 Å². The van der Waals surface area contributed by atoms with Gasteiger partial charge in [-0.25, -0.2) is 0 Å². The van der Waals surface area contributed by atoms with Gasteiger partial charge in [0.05, 0.1) is 10.8 Å². The molecule has 0 spiro atoms. The fraction of sp³-hybridized carbons (Fsp3) is 0.375. The van der Waals surface area contributed by atoms with Gasteiger partial charge < -0.3 is 5.11 Å². The molecule has 0 radical (unpaired) electrons. The summed E-state index contributed by atoms with van der Waals surface area (Å²) in [7, 11) is 0. The Morgan fingerprint density at radius 2 is 1.80 bits per heavy atom. The zero-order valence-electron chi connectivity index (χ0n) is 12.3. The molecule has 0 aliphatic heterocycles. The molecular formula is C16H20OS3. The standard InChI is InChI=1S/C16H20OS3/c1-16(2,3)11-7-13(18-4)9-14(8-11)20-15-6-5-12(10-17)19-15/h5-9,17H,10H2,1-4H3. The molecule has 1 nitrogen and oxygen atoms in total. The van der Waals surface area contributed by atoms with Crippen LogP contribution >= 0.6 is 34.9 Å². The zero-order valence-corrected chi connectivity index (χ0v) is 14.7. The minimum atomic E-state index is 0.128. The summed E-state index contributed by atoms with van der Waals surface area (Å²) in [6.45, 7) is 6.87. The highest BCUT2D eigenvalue weighted by atomic mass is 32.2. The number of benzene rings is 1. The van der Waals surface area contributed by atoms with Crippen LogP contribution in [0.4, 0.5) is 0 Å². The maximum absolute atomic E-state index is 9.15. The van der Waals surface area contributed by atoms with Crippen molar-refractivity contribution in [1.82, 2.24) is 0 Å². The maximum Gasteiger partial charge on any atom is 0.0774 e. The molecule has 0 aliphatic carbocycles. The van der Waals surface area contributed by atoms with Crippen LogP contribution < -0.4 is 0 Å². The van der Waals surface area contributed by atoms with E-state index in [-0.39, 0.29) is 12.0 Å². The first-order valence-electron chi connectivity index (χ1n) is 6.49. The Morgan fingerprint density at radius 1 is 1.10 bits per heavy atom. The predicted octanol–water partition coefficient (Wildman–Crippen LogP) is 5.41. The molecule has 4 heteroatoms. The van der Waals surface area contributed by atoms with Crippen LogP contribution in [-0.2, 0) is 12.0 Å². The molecule has 1 N–H and O–H groups in total. The smallest absolute Gasteiger partial charge is 0.0774 e. The zero-order chi connectivity index (χ0) is 14.8. The Morgan fingerprint density at radius 3 is 2.35 bits per heavy atom. The topological polar surface area (TPSA) is 20.2 Å². The van der Waals surface area contributed by atoms with Gasteiger partial charge in [-0.05, 0) is 47.6 Å². The molecule has 1 aromatic carbocycles. The molecular weight excluding hydrogens is 304 g/mol. The Bertz CT molecular complexity index is 582. The first-order chi connectivity index (χ1) is 9.42. The van der Waals surface area contributed by atoms with Crippen molar-refractivity contribution in [3.8, 4) is 0 Å². The second-order valence-corrected chi connectivity index (χ2v) is 9.05. The Hall–Kier alpha value is -0.420. The van der Waals surface area contributed by atoms with Crippen molar-refractivity contribution in [2.45, 2.75) is 46.8 Å². The lowest BCUT2D eigenvalue weighted by atomic mass is 9.87. The summed E-state index contributed by atoms with van der Waals surface area (Å²) in [6.07, 6.45) is 2.12. The van der Waals surface area contributed by atoms with Crippen LogP contribution in [0.2, 0.25) is 0 Å². The average molecular weight is 325 g/mol. The van der Waals surface area contributed by atoms with Gasteiger partial charge in [0.25, 0.3) is 0 Å². The van der Waals surface area contributed by atoms with Crippen molar-refractivity contribution < 1.29 is 5.11 Å². The SMILES string of the molecule is CSc1cc(Sc2ccc(CO)s2)cc(C(C)(C)C)c1. The van der Waals surface area contributed by atoms with Crippen molar-refractivity contribution in [2.75, 3.05) is 6.26 Å². The van der Waals surface area contributed by atoms with Crippen molar-refractivity contribution in [1.29, 1.82) is 0 Å². The van der Waals surface area contributed by atoms with E-state index in [0.717, 1.165) is 4.88 Å². The quantitative estimate of drug-likeness (QED) is 0.759. The predicted molar refractivity (Wildman–Crippen MR) is 91.3 cm³/mol. The van der Waals surface area contributed by atoms with Gasteiger partial charge in [0, 0.05) is 14.7 Å². The molecule has 2 aromatic rings. The molecule has 0 bridgehead atoms. The largest absolute Gasteiger partial charge is 0.391 e. The first kappa shape index (κ1) is 16.0. The van der Waals surface area contributed by atoms with Gasteiger partial charge in [-0.2, -0.15) is 0 Å². The number of aliphatic hydroxyl groups excluding tert-OH is 1. The van der Waals surface area contributed by atoms with Crippen LogP contribution in [0, 0.1) is 0 Å². The van der Waals surface area contributed by atoms with Crippen LogP contribution in [0.25, 0.3) is 0 Å². The number of rotatable bonds is 4. The van der Waals surface area contributed by atoms with Crippen molar-refractivity contribution in [3.63, 3.8) is 0 Å². The van der Waals surface area contributed by atoms with Crippen molar-refractivity contribution in [2.24, 2.45) is 0 Å². The molecule has 0 unspecified atom stereocenters. The normalized spacial score (nSPS) is 11.8. The Kier molecular flexibility index (Phi) is 5.24. The lowest BCUT2D eigenvalue weighted by Crippen LogP contribution is -2.11. The van der Waals surface area contributed by atoms with Crippen LogP contribution in [-0.4, -0.2) is 11.4 Å². The van der Waals surface area contributed by atoms with Gasteiger partial charge in [-0.3, -0.25) is 0 Å². The highest BCUT2D eigenvalue weighted by Gasteiger charge is 2.16. The average Bonchev–Trinajstić information content (AvgIpc) is 2.85. The summed E-state index contributed by atoms with van der Waals surface area (Å²) >= 11 is 5.22. The molecule has 1 heterocycles. The van der Waals surface area contributed by atoms with Gasteiger partial charge in [0.2, 0.25) is 0 Å². The number of hydrogen-bond donors (Lipinski definition) is 1. The van der Waals surface area contributed by atoms with E-state index in [4.69, 9.17) is 5.11 Å². The second kappa shape index (κ2) is 6.56. The van der Waals surface area contributed by atoms with E-state index in [1.165, 1.54) is 19.6 Å². The monoisotopic (exact) mass is 324 g/mol. The fourth-order valence-electron chi connectivity index (χ4n) is 1.80. The van der Waals surface area contributed by atoms with E-state index in [9.17, 15) is 0 Å². The Labute approximate surface area is 133 Å². The van der Waals surface area contributed by atoms with Crippen LogP contribution in [0.3, 0.4) is 0 Å². The molecule has 0 amide bonds. The molecule has 0 saturated carbocycles. The highest BCUT2D eigenvalue weighted by molar-refractivity contribution is 8.01. The summed E-state index contributed by atoms with van der Waals surface area (Å²) in [6, 6.07) is 10.9. The summed E-state index contributed by atoms with van der Waals surface area (Å²) < 4.78 is 1.23. The van der Waals surface area contributed by atoms with E-state index in [1.807, 2.05) is 6.07 Å². The molecule has 108 valence electrons. The van der Waals surface area contributed by atoms with E-state index in [1.54, 1.807) is 34.9 Å². The molecule has 2 rings (SSSR count). The highest BCUT2D eigenvalue weighted by Crippen LogP contribution is 2.37. The second-order valence-electron chi connectivity index (χ2n) is 5.63. The summed E-state index contributed by atoms with van der Waals surface area (Å²) in [4.78, 5) is 3.59. The summed E-state index contributed by atoms with van der Waals surface area (Å²) in [5.41, 5.74) is 1.53. The van der Waals surface area contributed by atoms with Crippen molar-refractivity contribution in [3.05, 3.63) is 40.8 Å². The molecule has 0 atom stereocenters. The number of thiophene rings is 1. The number of thioether (sulfide) groups is 1. The van der Waals surface area contributed by atoms with E-state index >= 15 is 0 Å². The minimum Gasteiger partial charge on any atom is -0.391 e. The molecule has 0 saturated heterocycles. The first-order valence-corrected chi connectivity index (χ1v) is 9.35. The molecule has 0 fully saturated rings. The minimum absolute atomic E-state index is 0.128. The fourth-order valence-corrected chi connectivity index (χ4v) is 4.47. The summed E-state index contributed by atoms with van der Waals surface area (Å²) in [5, 5.41) is 9.15. The van der Waals surface area contributed by atoms with E-state index in [0.29, 0.717) is 0 Å². The van der Waals surface area contributed by atoms with Crippen LogP contribution in [0.15, 0.2) is 44.3 Å². The van der Waals surface area contributed by atoms with Gasteiger partial charge in [-0.15, -0.1) is 23.1 Å². The molecule has 0 aliphatic rings. The van der Waals surface area contributed by atoms with E-state index < -0.39 is 0 Å². The van der Waals surface area contributed by atoms with Gasteiger partial charge in [-0.1, -0.05) is 32.5 Å². The van der Waals surface area contributed by atoms with Gasteiger partial charge in [0.15, 0.2) is 0 Å². The summed E-state index contributed by atoms with van der Waals surface area (Å²) in [5.74, 6) is 0. The maximum atomic E-state index is 9.15. The van der Waals surface area contributed by atoms with Gasteiger partial charge in [0.1, 0.15) is 0 Å². The molecule has 20 heavy (non-hydrogen) atoms. The lowest BCUT2D eigenvalue weighted by molar-refractivity contribution is 0.285.